The van der Waals surface area contributed by atoms with E-state index in [0.717, 1.165) is 19.3 Å². The average Bonchev–Trinajstić information content (AvgIpc) is 3.66. The molecule has 3 heterocycles. The Kier molecular flexibility index (Phi) is 7.22. The van der Waals surface area contributed by atoms with Crippen LogP contribution in [0.4, 0.5) is 27.6 Å². The number of hydrogen-bond acceptors (Lipinski definition) is 6. The van der Waals surface area contributed by atoms with Crippen molar-refractivity contribution in [2.75, 3.05) is 4.90 Å². The number of fused-ring (bicyclic) bond motifs is 4. The second-order valence-corrected chi connectivity index (χ2v) is 13.7. The van der Waals surface area contributed by atoms with Crippen LogP contribution in [0.1, 0.15) is 62.4 Å². The smallest absolute Gasteiger partial charge is 0.258 e. The molecule has 15 heteroatoms. The minimum atomic E-state index is -2.67. The summed E-state index contributed by atoms with van der Waals surface area (Å²) in [5, 5.41) is 9.67. The molecule has 2 saturated heterocycles. The number of rotatable bonds is 4. The largest absolute Gasteiger partial charge is 0.463 e. The van der Waals surface area contributed by atoms with Crippen LogP contribution >= 0.6 is 23.2 Å². The molecule has 2 aromatic rings. The number of allylic oxidation sites excluding steroid dienone is 2. The van der Waals surface area contributed by atoms with Gasteiger partial charge in [-0.15, -0.1) is 23.2 Å². The Bertz CT molecular complexity index is 1730. The molecule has 0 radical (unpaired) electrons. The van der Waals surface area contributed by atoms with E-state index in [1.807, 2.05) is 0 Å². The number of carbonyl (C=O) groups excluding carboxylic acids is 4. The summed E-state index contributed by atoms with van der Waals surface area (Å²) in [7, 11) is 0. The van der Waals surface area contributed by atoms with Crippen LogP contribution in [0.5, 0.6) is 0 Å². The van der Waals surface area contributed by atoms with Crippen molar-refractivity contribution in [3.8, 4) is 0 Å². The van der Waals surface area contributed by atoms with Crippen molar-refractivity contribution in [2.24, 2.45) is 17.8 Å². The van der Waals surface area contributed by atoms with E-state index >= 15 is 8.78 Å². The van der Waals surface area contributed by atoms with Crippen molar-refractivity contribution in [1.29, 1.82) is 0 Å². The molecule has 5 aliphatic rings. The number of anilines is 1. The Balaban J connectivity index is 1.40. The third-order valence-corrected chi connectivity index (χ3v) is 11.7. The summed E-state index contributed by atoms with van der Waals surface area (Å²) < 4.78 is 78.5. The van der Waals surface area contributed by atoms with Crippen LogP contribution in [-0.4, -0.2) is 49.4 Å². The average molecular weight is 687 g/mol. The molecule has 1 aromatic heterocycles. The SMILES string of the molecule is O=C1[C@H]2[C@H](CC=C3[C@H]2C[C@@]2(Cl)C(=O)N(c4c(F)c(F)c(F)c(F)c4F)C(=O)[C@@]2(Cl)[C@H]3c2ccc(CO)o2)C(=O)N1C1CCCCC1. The second kappa shape index (κ2) is 10.6. The fraction of sp³-hybridized carbons (Fsp3) is 0.484. The molecule has 3 aliphatic carbocycles. The quantitative estimate of drug-likeness (QED) is 0.116. The van der Waals surface area contributed by atoms with Crippen LogP contribution in [0.2, 0.25) is 0 Å². The Morgan fingerprint density at radius 2 is 1.48 bits per heavy atom. The first-order chi connectivity index (χ1) is 21.8. The number of hydrogen-bond donors (Lipinski definition) is 1. The summed E-state index contributed by atoms with van der Waals surface area (Å²) in [6, 6.07) is 2.37. The van der Waals surface area contributed by atoms with Gasteiger partial charge in [0.05, 0.1) is 17.8 Å². The number of carbonyl (C=O) groups is 4. The Morgan fingerprint density at radius 3 is 2.09 bits per heavy atom. The zero-order valence-electron chi connectivity index (χ0n) is 23.8. The van der Waals surface area contributed by atoms with E-state index in [1.165, 1.54) is 17.0 Å². The lowest BCUT2D eigenvalue weighted by atomic mass is 9.57. The molecule has 2 aliphatic heterocycles. The van der Waals surface area contributed by atoms with Crippen molar-refractivity contribution < 1.29 is 50.7 Å². The molecule has 7 rings (SSSR count). The van der Waals surface area contributed by atoms with Gasteiger partial charge in [0, 0.05) is 6.04 Å². The zero-order chi connectivity index (χ0) is 33.0. The van der Waals surface area contributed by atoms with Crippen molar-refractivity contribution in [1.82, 2.24) is 4.90 Å². The second-order valence-electron chi connectivity index (χ2n) is 12.5. The third-order valence-electron chi connectivity index (χ3n) is 10.3. The lowest BCUT2D eigenvalue weighted by Crippen LogP contribution is -2.60. The van der Waals surface area contributed by atoms with Crippen LogP contribution in [0, 0.1) is 46.8 Å². The van der Waals surface area contributed by atoms with Crippen LogP contribution in [-0.2, 0) is 25.8 Å². The number of likely N-dealkylation sites (tertiary alicyclic amines) is 1. The normalized spacial score (nSPS) is 33.0. The van der Waals surface area contributed by atoms with Crippen molar-refractivity contribution in [3.05, 3.63) is 64.4 Å². The number of benzene rings is 1. The maximum Gasteiger partial charge on any atom is 0.258 e. The van der Waals surface area contributed by atoms with Gasteiger partial charge in [-0.1, -0.05) is 30.9 Å². The van der Waals surface area contributed by atoms with E-state index in [0.29, 0.717) is 18.4 Å². The van der Waals surface area contributed by atoms with Crippen molar-refractivity contribution in [3.63, 3.8) is 0 Å². The summed E-state index contributed by atoms with van der Waals surface area (Å²) in [6.07, 6.45) is 4.99. The van der Waals surface area contributed by atoms with Gasteiger partial charge in [0.15, 0.2) is 33.0 Å². The third kappa shape index (κ3) is 3.88. The van der Waals surface area contributed by atoms with E-state index < -0.39 is 98.9 Å². The van der Waals surface area contributed by atoms with E-state index in [-0.39, 0.29) is 34.8 Å². The number of amides is 4. The number of aliphatic hydroxyl groups excluding tert-OH is 1. The molecule has 244 valence electrons. The van der Waals surface area contributed by atoms with Crippen molar-refractivity contribution in [2.45, 2.75) is 73.3 Å². The highest BCUT2D eigenvalue weighted by Crippen LogP contribution is 2.66. The summed E-state index contributed by atoms with van der Waals surface area (Å²) in [5.74, 6) is -20.7. The molecule has 1 aromatic carbocycles. The highest BCUT2D eigenvalue weighted by atomic mass is 35.5. The highest BCUT2D eigenvalue weighted by molar-refractivity contribution is 6.58. The minimum absolute atomic E-state index is 0.0100. The summed E-state index contributed by atoms with van der Waals surface area (Å²) in [4.78, 5) is 51.8. The number of nitrogens with zero attached hydrogens (tertiary/aromatic N) is 2. The van der Waals surface area contributed by atoms with Gasteiger partial charge < -0.3 is 9.52 Å². The predicted octanol–water partition coefficient (Wildman–Crippen LogP) is 5.36. The molecule has 1 N–H and O–H groups in total. The maximum absolute atomic E-state index is 15.1. The topological polar surface area (TPSA) is 108 Å². The number of aliphatic hydroxyl groups is 1. The van der Waals surface area contributed by atoms with Crippen LogP contribution in [0.15, 0.2) is 28.2 Å². The molecular weight excluding hydrogens is 662 g/mol. The number of imide groups is 2. The molecule has 0 bridgehead atoms. The van der Waals surface area contributed by atoms with Gasteiger partial charge in [-0.05, 0) is 43.7 Å². The number of alkyl halides is 2. The molecule has 0 spiro atoms. The van der Waals surface area contributed by atoms with Gasteiger partial charge in [0.1, 0.15) is 23.8 Å². The molecule has 4 fully saturated rings. The van der Waals surface area contributed by atoms with Crippen molar-refractivity contribution >= 4 is 52.5 Å². The lowest BCUT2D eigenvalue weighted by molar-refractivity contribution is -0.143. The molecule has 4 amide bonds. The molecule has 0 unspecified atom stereocenters. The first kappa shape index (κ1) is 31.3. The van der Waals surface area contributed by atoms with E-state index in [4.69, 9.17) is 27.6 Å². The zero-order valence-corrected chi connectivity index (χ0v) is 25.3. The Hall–Kier alpha value is -3.29. The van der Waals surface area contributed by atoms with E-state index in [2.05, 4.69) is 0 Å². The lowest BCUT2D eigenvalue weighted by Gasteiger charge is -2.49. The standard InChI is InChI=1S/C31H25Cl2F5N2O6/c32-30-10-16-14(7-8-15-18(16)27(43)39(26(15)42)12-4-2-1-3-5-12)19(17-9-6-13(11-41)46-17)31(30,33)29(45)40(28(30)44)25-23(37)21(35)20(34)22(36)24(25)38/h6-7,9,12,15-16,18-19,41H,1-5,8,10-11H2/t15-,16+,18-,19+,30+,31-/m0/s1. The summed E-state index contributed by atoms with van der Waals surface area (Å²) in [5.41, 5.74) is -1.56. The Morgan fingerprint density at radius 1 is 0.848 bits per heavy atom. The fourth-order valence-electron chi connectivity index (χ4n) is 8.24. The molecule has 6 atom stereocenters. The van der Waals surface area contributed by atoms with Gasteiger partial charge in [-0.25, -0.2) is 26.9 Å². The van der Waals surface area contributed by atoms with Gasteiger partial charge in [-0.2, -0.15) is 0 Å². The van der Waals surface area contributed by atoms with Gasteiger partial charge >= 0.3 is 0 Å². The molecular formula is C31H25Cl2F5N2O6. The first-order valence-corrected chi connectivity index (χ1v) is 15.6. The van der Waals surface area contributed by atoms with E-state index in [9.17, 15) is 37.5 Å². The minimum Gasteiger partial charge on any atom is -0.463 e. The Labute approximate surface area is 268 Å². The predicted molar refractivity (Wildman–Crippen MR) is 150 cm³/mol. The molecule has 8 nitrogen and oxygen atoms in total. The van der Waals surface area contributed by atoms with Crippen LogP contribution in [0.25, 0.3) is 0 Å². The van der Waals surface area contributed by atoms with Gasteiger partial charge in [-0.3, -0.25) is 24.1 Å². The maximum atomic E-state index is 15.1. The fourth-order valence-corrected chi connectivity index (χ4v) is 9.15. The van der Waals surface area contributed by atoms with Crippen LogP contribution in [0.3, 0.4) is 0 Å². The van der Waals surface area contributed by atoms with Gasteiger partial charge in [0.25, 0.3) is 11.8 Å². The van der Waals surface area contributed by atoms with Gasteiger partial charge in [0.2, 0.25) is 17.6 Å². The monoisotopic (exact) mass is 686 g/mol. The molecule has 2 saturated carbocycles. The summed E-state index contributed by atoms with van der Waals surface area (Å²) >= 11 is 14.1. The number of furan rings is 1. The van der Waals surface area contributed by atoms with E-state index in [1.54, 1.807) is 6.08 Å². The molecule has 46 heavy (non-hydrogen) atoms. The summed E-state index contributed by atoms with van der Waals surface area (Å²) in [6.45, 7) is -0.589. The van der Waals surface area contributed by atoms with Crippen LogP contribution < -0.4 is 4.90 Å². The highest BCUT2D eigenvalue weighted by Gasteiger charge is 2.77. The number of halogens is 7. The first-order valence-electron chi connectivity index (χ1n) is 14.8.